The maximum absolute atomic E-state index is 12.1. The van der Waals surface area contributed by atoms with E-state index in [1.54, 1.807) is 0 Å². The van der Waals surface area contributed by atoms with E-state index in [1.165, 1.54) is 24.3 Å². The lowest BCUT2D eigenvalue weighted by Crippen LogP contribution is -2.15. The van der Waals surface area contributed by atoms with Crippen LogP contribution in [-0.4, -0.2) is 5.57 Å². The molecule has 1 aromatic rings. The summed E-state index contributed by atoms with van der Waals surface area (Å²) in [6.45, 7) is 0. The first kappa shape index (κ1) is 10.6. The highest BCUT2D eigenvalue weighted by Gasteiger charge is 2.27. The molecule has 0 spiro atoms. The fourth-order valence-corrected chi connectivity index (χ4v) is 0.855. The van der Waals surface area contributed by atoms with Gasteiger partial charge in [-0.2, -0.15) is 0 Å². The van der Waals surface area contributed by atoms with Gasteiger partial charge >= 0.3 is 5.57 Å². The predicted molar refractivity (Wildman–Crippen MR) is 46.7 cm³/mol. The number of ether oxygens (including phenoxy) is 1. The SMILES string of the molecule is [N-]=[N+]=Nc1ccc(OC(F)(F)Cl)cc1. The van der Waals surface area contributed by atoms with E-state index in [0.29, 0.717) is 5.69 Å². The Balaban J connectivity index is 2.78. The van der Waals surface area contributed by atoms with Gasteiger partial charge in [0.05, 0.1) is 0 Å². The monoisotopic (exact) mass is 219 g/mol. The Hall–Kier alpha value is -1.52. The number of halogens is 3. The summed E-state index contributed by atoms with van der Waals surface area (Å²) in [7, 11) is 0. The van der Waals surface area contributed by atoms with Gasteiger partial charge in [-0.1, -0.05) is 5.11 Å². The first-order chi connectivity index (χ1) is 6.51. The molecule has 0 heterocycles. The van der Waals surface area contributed by atoms with Gasteiger partial charge in [0.15, 0.2) is 0 Å². The molecule has 14 heavy (non-hydrogen) atoms. The van der Waals surface area contributed by atoms with Crippen molar-refractivity contribution >= 4 is 17.3 Å². The zero-order chi connectivity index (χ0) is 10.6. The highest BCUT2D eigenvalue weighted by atomic mass is 35.5. The standard InChI is InChI=1S/C7H4ClF2N3O/c8-7(9,10)14-6-3-1-5(2-4-6)12-13-11/h1-4H. The molecule has 0 atom stereocenters. The Morgan fingerprint density at radius 3 is 2.36 bits per heavy atom. The maximum Gasteiger partial charge on any atom is 0.487 e. The number of nitrogens with zero attached hydrogens (tertiary/aromatic N) is 3. The molecule has 74 valence electrons. The van der Waals surface area contributed by atoms with E-state index in [9.17, 15) is 8.78 Å². The third-order valence-electron chi connectivity index (χ3n) is 1.23. The number of hydrogen-bond donors (Lipinski definition) is 0. The molecule has 1 aromatic carbocycles. The number of alkyl halides is 3. The van der Waals surface area contributed by atoms with E-state index < -0.39 is 5.57 Å². The fraction of sp³-hybridized carbons (Fsp3) is 0.143. The molecule has 0 amide bonds. The molecule has 0 unspecified atom stereocenters. The number of azide groups is 1. The summed E-state index contributed by atoms with van der Waals surface area (Å²) in [5, 5.41) is 3.25. The molecule has 0 aliphatic carbocycles. The van der Waals surface area contributed by atoms with Gasteiger partial charge in [-0.05, 0) is 29.8 Å². The quantitative estimate of drug-likeness (QED) is 0.330. The van der Waals surface area contributed by atoms with E-state index in [1.807, 2.05) is 0 Å². The first-order valence-electron chi connectivity index (χ1n) is 3.42. The molecule has 1 rings (SSSR count). The fourth-order valence-electron chi connectivity index (χ4n) is 0.766. The van der Waals surface area contributed by atoms with Crippen LogP contribution >= 0.6 is 11.6 Å². The van der Waals surface area contributed by atoms with Crippen LogP contribution in [0.2, 0.25) is 0 Å². The average Bonchev–Trinajstić information content (AvgIpc) is 2.06. The second-order valence-electron chi connectivity index (χ2n) is 2.23. The zero-order valence-electron chi connectivity index (χ0n) is 6.69. The van der Waals surface area contributed by atoms with Crippen LogP contribution in [0.5, 0.6) is 5.75 Å². The summed E-state index contributed by atoms with van der Waals surface area (Å²) >= 11 is 4.53. The Kier molecular flexibility index (Phi) is 3.11. The van der Waals surface area contributed by atoms with E-state index in [-0.39, 0.29) is 5.75 Å². The Morgan fingerprint density at radius 2 is 1.93 bits per heavy atom. The Labute approximate surface area is 82.7 Å². The molecular formula is C7H4ClF2N3O. The minimum absolute atomic E-state index is 0.109. The predicted octanol–water partition coefficient (Wildman–Crippen LogP) is 3.80. The van der Waals surface area contributed by atoms with Crippen molar-refractivity contribution in [1.82, 2.24) is 0 Å². The molecule has 0 fully saturated rings. The molecule has 4 nitrogen and oxygen atoms in total. The van der Waals surface area contributed by atoms with E-state index in [2.05, 4.69) is 26.4 Å². The second kappa shape index (κ2) is 4.13. The highest BCUT2D eigenvalue weighted by molar-refractivity contribution is 6.20. The van der Waals surface area contributed by atoms with Crippen molar-refractivity contribution in [2.45, 2.75) is 5.57 Å². The maximum atomic E-state index is 12.1. The topological polar surface area (TPSA) is 58.0 Å². The minimum atomic E-state index is -3.74. The summed E-state index contributed by atoms with van der Waals surface area (Å²) in [6, 6.07) is 5.11. The van der Waals surface area contributed by atoms with Crippen molar-refractivity contribution in [2.24, 2.45) is 5.11 Å². The third-order valence-corrected chi connectivity index (χ3v) is 1.31. The van der Waals surface area contributed by atoms with Gasteiger partial charge in [-0.3, -0.25) is 0 Å². The van der Waals surface area contributed by atoms with Crippen molar-refractivity contribution < 1.29 is 13.5 Å². The van der Waals surface area contributed by atoms with E-state index in [4.69, 9.17) is 5.53 Å². The van der Waals surface area contributed by atoms with Crippen LogP contribution in [0.15, 0.2) is 29.4 Å². The summed E-state index contributed by atoms with van der Waals surface area (Å²) in [5.74, 6) is -0.109. The molecule has 0 saturated carbocycles. The van der Waals surface area contributed by atoms with Crippen molar-refractivity contribution in [3.63, 3.8) is 0 Å². The number of benzene rings is 1. The molecule has 0 aliphatic heterocycles. The summed E-state index contributed by atoms with van der Waals surface area (Å²) < 4.78 is 28.3. The number of rotatable bonds is 3. The number of hydrogen-bond acceptors (Lipinski definition) is 2. The van der Waals surface area contributed by atoms with E-state index in [0.717, 1.165) is 0 Å². The molecule has 7 heteroatoms. The van der Waals surface area contributed by atoms with Crippen LogP contribution in [0.25, 0.3) is 10.4 Å². The summed E-state index contributed by atoms with van der Waals surface area (Å²) in [5.41, 5.74) is 4.63. The second-order valence-corrected chi connectivity index (χ2v) is 2.67. The van der Waals surface area contributed by atoms with Gasteiger partial charge < -0.3 is 4.74 Å². The largest absolute Gasteiger partial charge is 0.487 e. The lowest BCUT2D eigenvalue weighted by atomic mass is 10.3. The van der Waals surface area contributed by atoms with Crippen LogP contribution in [-0.2, 0) is 0 Å². The molecule has 0 saturated heterocycles. The van der Waals surface area contributed by atoms with Gasteiger partial charge in [0.1, 0.15) is 5.75 Å². The normalized spacial score (nSPS) is 10.5. The van der Waals surface area contributed by atoms with Crippen molar-refractivity contribution in [1.29, 1.82) is 0 Å². The highest BCUT2D eigenvalue weighted by Crippen LogP contribution is 2.26. The van der Waals surface area contributed by atoms with Crippen LogP contribution in [0.4, 0.5) is 14.5 Å². The average molecular weight is 220 g/mol. The van der Waals surface area contributed by atoms with Crippen LogP contribution in [0, 0.1) is 0 Å². The summed E-state index contributed by atoms with van der Waals surface area (Å²) in [6.07, 6.45) is 0. The van der Waals surface area contributed by atoms with Gasteiger partial charge in [0, 0.05) is 22.2 Å². The van der Waals surface area contributed by atoms with Crippen LogP contribution < -0.4 is 4.74 Å². The summed E-state index contributed by atoms with van der Waals surface area (Å²) in [4.78, 5) is 2.52. The van der Waals surface area contributed by atoms with Crippen molar-refractivity contribution in [3.05, 3.63) is 34.7 Å². The molecule has 0 N–H and O–H groups in total. The molecule has 0 aromatic heterocycles. The smallest absolute Gasteiger partial charge is 0.420 e. The molecule has 0 radical (unpaired) electrons. The molecular weight excluding hydrogens is 216 g/mol. The zero-order valence-corrected chi connectivity index (χ0v) is 7.45. The Bertz CT molecular complexity index is 356. The lowest BCUT2D eigenvalue weighted by Gasteiger charge is -2.09. The van der Waals surface area contributed by atoms with Crippen molar-refractivity contribution in [2.75, 3.05) is 0 Å². The van der Waals surface area contributed by atoms with Crippen LogP contribution in [0.1, 0.15) is 0 Å². The van der Waals surface area contributed by atoms with Crippen LogP contribution in [0.3, 0.4) is 0 Å². The third kappa shape index (κ3) is 3.47. The minimum Gasteiger partial charge on any atom is -0.420 e. The van der Waals surface area contributed by atoms with Gasteiger partial charge in [0.2, 0.25) is 0 Å². The van der Waals surface area contributed by atoms with Crippen molar-refractivity contribution in [3.8, 4) is 5.75 Å². The van der Waals surface area contributed by atoms with E-state index >= 15 is 0 Å². The van der Waals surface area contributed by atoms with Gasteiger partial charge in [0.25, 0.3) is 0 Å². The first-order valence-corrected chi connectivity index (χ1v) is 3.80. The lowest BCUT2D eigenvalue weighted by molar-refractivity contribution is -0.0964. The molecule has 0 bridgehead atoms. The Morgan fingerprint density at radius 1 is 1.36 bits per heavy atom. The van der Waals surface area contributed by atoms with Gasteiger partial charge in [-0.15, -0.1) is 8.78 Å². The van der Waals surface area contributed by atoms with Gasteiger partial charge in [-0.25, -0.2) is 0 Å². The molecule has 0 aliphatic rings.